The Balaban J connectivity index is 1.89. The normalized spacial score (nSPS) is 18.6. The van der Waals surface area contributed by atoms with Crippen molar-refractivity contribution in [3.63, 3.8) is 0 Å². The molecule has 104 valence electrons. The number of carboxylic acids is 1. The van der Waals surface area contributed by atoms with Crippen LogP contribution in [-0.2, 0) is 4.79 Å². The molecule has 1 N–H and O–H groups in total. The Labute approximate surface area is 115 Å². The first-order valence-electron chi connectivity index (χ1n) is 6.23. The van der Waals surface area contributed by atoms with Crippen LogP contribution in [0, 0.1) is 5.92 Å². The third kappa shape index (κ3) is 3.47. The predicted molar refractivity (Wildman–Crippen MR) is 71.8 cm³/mol. The van der Waals surface area contributed by atoms with E-state index in [2.05, 4.69) is 0 Å². The second-order valence-corrected chi connectivity index (χ2v) is 5.60. The van der Waals surface area contributed by atoms with Crippen molar-refractivity contribution in [3.05, 3.63) is 16.3 Å². The number of carboxylic acid groups (broad SMARTS) is 1. The SMILES string of the molecule is COc1csc(C(=O)N2CCC(CCC(=O)O)C2)c1. The fourth-order valence-corrected chi connectivity index (χ4v) is 3.10. The molecule has 5 nitrogen and oxygen atoms in total. The summed E-state index contributed by atoms with van der Waals surface area (Å²) >= 11 is 1.38. The largest absolute Gasteiger partial charge is 0.496 e. The van der Waals surface area contributed by atoms with E-state index < -0.39 is 5.97 Å². The molecule has 1 fully saturated rings. The van der Waals surface area contributed by atoms with Gasteiger partial charge in [-0.2, -0.15) is 0 Å². The maximum atomic E-state index is 12.2. The maximum Gasteiger partial charge on any atom is 0.303 e. The highest BCUT2D eigenvalue weighted by molar-refractivity contribution is 7.12. The molecule has 1 aromatic rings. The van der Waals surface area contributed by atoms with Gasteiger partial charge in [0, 0.05) is 31.0 Å². The van der Waals surface area contributed by atoms with Crippen molar-refractivity contribution in [1.29, 1.82) is 0 Å². The minimum absolute atomic E-state index is 0.0196. The number of aliphatic carboxylic acids is 1. The predicted octanol–water partition coefficient (Wildman–Crippen LogP) is 2.08. The number of nitrogens with zero attached hydrogens (tertiary/aromatic N) is 1. The van der Waals surface area contributed by atoms with E-state index in [1.807, 2.05) is 5.38 Å². The van der Waals surface area contributed by atoms with Gasteiger partial charge in [0.25, 0.3) is 5.91 Å². The molecule has 1 aliphatic rings. The third-order valence-electron chi connectivity index (χ3n) is 3.36. The van der Waals surface area contributed by atoms with Gasteiger partial charge < -0.3 is 14.7 Å². The second kappa shape index (κ2) is 6.06. The molecule has 6 heteroatoms. The second-order valence-electron chi connectivity index (χ2n) is 4.69. The summed E-state index contributed by atoms with van der Waals surface area (Å²) in [4.78, 5) is 25.2. The van der Waals surface area contributed by atoms with E-state index in [1.165, 1.54) is 11.3 Å². The molecule has 0 aromatic carbocycles. The monoisotopic (exact) mass is 283 g/mol. The van der Waals surface area contributed by atoms with E-state index in [9.17, 15) is 9.59 Å². The van der Waals surface area contributed by atoms with Crippen LogP contribution in [0.25, 0.3) is 0 Å². The van der Waals surface area contributed by atoms with Crippen molar-refractivity contribution >= 4 is 23.2 Å². The van der Waals surface area contributed by atoms with Gasteiger partial charge in [0.2, 0.25) is 0 Å². The number of hydrogen-bond acceptors (Lipinski definition) is 4. The molecule has 0 aliphatic carbocycles. The summed E-state index contributed by atoms with van der Waals surface area (Å²) in [6.07, 6.45) is 1.72. The molecule has 0 saturated carbocycles. The Bertz CT molecular complexity index is 471. The van der Waals surface area contributed by atoms with E-state index in [0.29, 0.717) is 36.1 Å². The maximum absolute atomic E-state index is 12.2. The van der Waals surface area contributed by atoms with Gasteiger partial charge in [-0.3, -0.25) is 9.59 Å². The number of carbonyl (C=O) groups excluding carboxylic acids is 1. The van der Waals surface area contributed by atoms with Gasteiger partial charge in [-0.05, 0) is 18.8 Å². The number of carbonyl (C=O) groups is 2. The van der Waals surface area contributed by atoms with Crippen LogP contribution >= 0.6 is 11.3 Å². The number of hydrogen-bond donors (Lipinski definition) is 1. The summed E-state index contributed by atoms with van der Waals surface area (Å²) in [5.74, 6) is 0.260. The summed E-state index contributed by atoms with van der Waals surface area (Å²) in [7, 11) is 1.58. The van der Waals surface area contributed by atoms with Gasteiger partial charge in [-0.1, -0.05) is 0 Å². The van der Waals surface area contributed by atoms with Crippen LogP contribution in [0.15, 0.2) is 11.4 Å². The third-order valence-corrected chi connectivity index (χ3v) is 4.26. The standard InChI is InChI=1S/C13H17NO4S/c1-18-10-6-11(19-8-10)13(17)14-5-4-9(7-14)2-3-12(15)16/h6,8-9H,2-5,7H2,1H3,(H,15,16). The van der Waals surface area contributed by atoms with E-state index in [4.69, 9.17) is 9.84 Å². The van der Waals surface area contributed by atoms with Crippen molar-refractivity contribution in [2.24, 2.45) is 5.92 Å². The molecule has 1 atom stereocenters. The van der Waals surface area contributed by atoms with E-state index in [1.54, 1.807) is 18.1 Å². The van der Waals surface area contributed by atoms with Crippen LogP contribution in [0.3, 0.4) is 0 Å². The van der Waals surface area contributed by atoms with Crippen molar-refractivity contribution in [2.45, 2.75) is 19.3 Å². The Morgan fingerprint density at radius 3 is 3.00 bits per heavy atom. The molecule has 0 spiro atoms. The molecule has 2 rings (SSSR count). The minimum Gasteiger partial charge on any atom is -0.496 e. The number of likely N-dealkylation sites (tertiary alicyclic amines) is 1. The van der Waals surface area contributed by atoms with Gasteiger partial charge in [-0.15, -0.1) is 11.3 Å². The zero-order valence-corrected chi connectivity index (χ0v) is 11.6. The Kier molecular flexibility index (Phi) is 4.42. The average molecular weight is 283 g/mol. The van der Waals surface area contributed by atoms with Gasteiger partial charge in [0.05, 0.1) is 12.0 Å². The van der Waals surface area contributed by atoms with Crippen molar-refractivity contribution in [2.75, 3.05) is 20.2 Å². The smallest absolute Gasteiger partial charge is 0.303 e. The van der Waals surface area contributed by atoms with Crippen molar-refractivity contribution < 1.29 is 19.4 Å². The number of ether oxygens (including phenoxy) is 1. The molecule has 1 unspecified atom stereocenters. The van der Waals surface area contributed by atoms with Gasteiger partial charge in [0.15, 0.2) is 0 Å². The number of methoxy groups -OCH3 is 1. The summed E-state index contributed by atoms with van der Waals surface area (Å²) in [6.45, 7) is 1.37. The van der Waals surface area contributed by atoms with Crippen LogP contribution in [0.4, 0.5) is 0 Å². The molecule has 2 heterocycles. The fourth-order valence-electron chi connectivity index (χ4n) is 2.27. The number of amides is 1. The van der Waals surface area contributed by atoms with Gasteiger partial charge >= 0.3 is 5.97 Å². The topological polar surface area (TPSA) is 66.8 Å². The lowest BCUT2D eigenvalue weighted by Crippen LogP contribution is -2.28. The lowest BCUT2D eigenvalue weighted by atomic mass is 10.0. The van der Waals surface area contributed by atoms with Crippen LogP contribution < -0.4 is 4.74 Å². The molecular weight excluding hydrogens is 266 g/mol. The quantitative estimate of drug-likeness (QED) is 0.898. The zero-order valence-electron chi connectivity index (χ0n) is 10.8. The summed E-state index contributed by atoms with van der Waals surface area (Å²) in [6, 6.07) is 1.75. The van der Waals surface area contributed by atoms with Crippen LogP contribution in [0.5, 0.6) is 5.75 Å². The minimum atomic E-state index is -0.771. The van der Waals surface area contributed by atoms with Crippen LogP contribution in [-0.4, -0.2) is 42.1 Å². The summed E-state index contributed by atoms with van der Waals surface area (Å²) in [5, 5.41) is 10.5. The fraction of sp³-hybridized carbons (Fsp3) is 0.538. The lowest BCUT2D eigenvalue weighted by Gasteiger charge is -2.15. The molecule has 1 amide bonds. The lowest BCUT2D eigenvalue weighted by molar-refractivity contribution is -0.137. The highest BCUT2D eigenvalue weighted by atomic mass is 32.1. The highest BCUT2D eigenvalue weighted by Crippen LogP contribution is 2.26. The molecule has 0 radical (unpaired) electrons. The van der Waals surface area contributed by atoms with E-state index in [-0.39, 0.29) is 12.3 Å². The van der Waals surface area contributed by atoms with Crippen molar-refractivity contribution in [3.8, 4) is 5.75 Å². The Morgan fingerprint density at radius 1 is 1.58 bits per heavy atom. The van der Waals surface area contributed by atoms with Crippen LogP contribution in [0.2, 0.25) is 0 Å². The summed E-state index contributed by atoms with van der Waals surface area (Å²) < 4.78 is 5.07. The van der Waals surface area contributed by atoms with Gasteiger partial charge in [-0.25, -0.2) is 0 Å². The summed E-state index contributed by atoms with van der Waals surface area (Å²) in [5.41, 5.74) is 0. The Morgan fingerprint density at radius 2 is 2.37 bits per heavy atom. The average Bonchev–Trinajstić information content (AvgIpc) is 3.04. The number of rotatable bonds is 5. The highest BCUT2D eigenvalue weighted by Gasteiger charge is 2.27. The first-order chi connectivity index (χ1) is 9.10. The molecule has 1 aliphatic heterocycles. The molecule has 1 saturated heterocycles. The van der Waals surface area contributed by atoms with Crippen LogP contribution in [0.1, 0.15) is 28.9 Å². The van der Waals surface area contributed by atoms with Crippen molar-refractivity contribution in [1.82, 2.24) is 4.90 Å². The molecule has 19 heavy (non-hydrogen) atoms. The number of thiophene rings is 1. The van der Waals surface area contributed by atoms with E-state index in [0.717, 1.165) is 6.42 Å². The first-order valence-corrected chi connectivity index (χ1v) is 7.11. The van der Waals surface area contributed by atoms with E-state index >= 15 is 0 Å². The Hall–Kier alpha value is -1.56. The molecule has 0 bridgehead atoms. The van der Waals surface area contributed by atoms with Gasteiger partial charge in [0.1, 0.15) is 5.75 Å². The molecule has 1 aromatic heterocycles. The first kappa shape index (κ1) is 13.9. The zero-order chi connectivity index (χ0) is 13.8. The molecular formula is C13H17NO4S.